The van der Waals surface area contributed by atoms with Gasteiger partial charge in [0.25, 0.3) is 5.91 Å². The number of nitrogen functional groups attached to an aromatic ring is 1. The van der Waals surface area contributed by atoms with Crippen LogP contribution in [-0.2, 0) is 0 Å². The van der Waals surface area contributed by atoms with Crippen molar-refractivity contribution < 1.29 is 14.0 Å². The lowest BCUT2D eigenvalue weighted by Gasteiger charge is -2.33. The van der Waals surface area contributed by atoms with E-state index in [0.29, 0.717) is 29.0 Å². The van der Waals surface area contributed by atoms with E-state index in [2.05, 4.69) is 34.7 Å². The molecule has 0 aliphatic rings. The van der Waals surface area contributed by atoms with Crippen molar-refractivity contribution in [2.45, 2.75) is 26.3 Å². The fourth-order valence-electron chi connectivity index (χ4n) is 4.26. The molecule has 3 aromatic rings. The van der Waals surface area contributed by atoms with Crippen LogP contribution in [0, 0.1) is 11.2 Å². The molecule has 0 heterocycles. The van der Waals surface area contributed by atoms with Crippen molar-refractivity contribution in [3.63, 3.8) is 0 Å². The summed E-state index contributed by atoms with van der Waals surface area (Å²) in [5.41, 5.74) is 8.69. The molecule has 3 amide bonds. The number of hydrogen-bond acceptors (Lipinski definition) is 4. The van der Waals surface area contributed by atoms with Gasteiger partial charge in [-0.1, -0.05) is 38.1 Å². The van der Waals surface area contributed by atoms with E-state index in [1.54, 1.807) is 36.4 Å². The number of nitrogens with one attached hydrogen (secondary N) is 3. The maximum atomic E-state index is 13.2. The second kappa shape index (κ2) is 11.7. The van der Waals surface area contributed by atoms with Gasteiger partial charge >= 0.3 is 6.03 Å². The monoisotopic (exact) mass is 491 g/mol. The van der Waals surface area contributed by atoms with E-state index in [0.717, 1.165) is 12.1 Å². The highest BCUT2D eigenvalue weighted by molar-refractivity contribution is 6.05. The van der Waals surface area contributed by atoms with E-state index in [9.17, 15) is 14.0 Å². The predicted octanol–water partition coefficient (Wildman–Crippen LogP) is 5.50. The molecule has 7 nitrogen and oxygen atoms in total. The lowest BCUT2D eigenvalue weighted by atomic mass is 9.83. The summed E-state index contributed by atoms with van der Waals surface area (Å²) < 4.78 is 13.2. The molecule has 1 atom stereocenters. The standard InChI is InChI=1S/C28H34FN5O2/c1-28(2,18-34(3)4)17-25(33-27(36)31-22-15-13-21(29)14-16-22)19-9-11-20(12-10-19)26(35)32-24-8-6-5-7-23(24)30/h5-16,25H,17-18,30H2,1-4H3,(H,32,35)(H2,31,33,36). The first-order valence-electron chi connectivity index (χ1n) is 11.8. The molecular formula is C28H34FN5O2. The lowest BCUT2D eigenvalue weighted by molar-refractivity contribution is 0.102. The quantitative estimate of drug-likeness (QED) is 0.297. The number of benzene rings is 3. The van der Waals surface area contributed by atoms with Gasteiger partial charge in [0.1, 0.15) is 5.82 Å². The van der Waals surface area contributed by atoms with Crippen LogP contribution in [0.5, 0.6) is 0 Å². The third-order valence-corrected chi connectivity index (χ3v) is 5.69. The van der Waals surface area contributed by atoms with Crippen LogP contribution < -0.4 is 21.7 Å². The molecule has 36 heavy (non-hydrogen) atoms. The maximum absolute atomic E-state index is 13.2. The molecule has 0 spiro atoms. The highest BCUT2D eigenvalue weighted by Gasteiger charge is 2.27. The number of nitrogens with zero attached hydrogens (tertiary/aromatic N) is 1. The average molecular weight is 492 g/mol. The summed E-state index contributed by atoms with van der Waals surface area (Å²) >= 11 is 0. The van der Waals surface area contributed by atoms with E-state index in [1.165, 1.54) is 24.3 Å². The molecule has 0 radical (unpaired) electrons. The number of para-hydroxylation sites is 2. The Balaban J connectivity index is 1.77. The van der Waals surface area contributed by atoms with Gasteiger partial charge in [-0.05, 0) is 80.0 Å². The van der Waals surface area contributed by atoms with Gasteiger partial charge in [0.2, 0.25) is 0 Å². The fourth-order valence-corrected chi connectivity index (χ4v) is 4.26. The van der Waals surface area contributed by atoms with Crippen molar-refractivity contribution in [3.8, 4) is 0 Å². The van der Waals surface area contributed by atoms with Crippen LogP contribution in [0.3, 0.4) is 0 Å². The molecular weight excluding hydrogens is 457 g/mol. The number of urea groups is 1. The Morgan fingerprint density at radius 3 is 2.19 bits per heavy atom. The Labute approximate surface area is 211 Å². The Hall–Kier alpha value is -3.91. The number of carbonyl (C=O) groups excluding carboxylic acids is 2. The molecule has 3 aromatic carbocycles. The Morgan fingerprint density at radius 1 is 0.944 bits per heavy atom. The van der Waals surface area contributed by atoms with Crippen LogP contribution in [0.4, 0.5) is 26.2 Å². The van der Waals surface area contributed by atoms with Gasteiger partial charge in [-0.25, -0.2) is 9.18 Å². The molecule has 5 N–H and O–H groups in total. The maximum Gasteiger partial charge on any atom is 0.319 e. The summed E-state index contributed by atoms with van der Waals surface area (Å²) in [6, 6.07) is 19.1. The van der Waals surface area contributed by atoms with Gasteiger partial charge in [0.05, 0.1) is 17.4 Å². The third kappa shape index (κ3) is 7.81. The number of rotatable bonds is 9. The van der Waals surface area contributed by atoms with Crippen molar-refractivity contribution in [1.29, 1.82) is 0 Å². The average Bonchev–Trinajstić information content (AvgIpc) is 2.80. The molecule has 0 aliphatic heterocycles. The molecule has 190 valence electrons. The van der Waals surface area contributed by atoms with Crippen LogP contribution in [0.25, 0.3) is 0 Å². The van der Waals surface area contributed by atoms with Crippen molar-refractivity contribution in [2.24, 2.45) is 5.41 Å². The van der Waals surface area contributed by atoms with Gasteiger partial charge in [-0.2, -0.15) is 0 Å². The van der Waals surface area contributed by atoms with E-state index in [-0.39, 0.29) is 23.2 Å². The molecule has 0 aromatic heterocycles. The fraction of sp³-hybridized carbons (Fsp3) is 0.286. The first kappa shape index (κ1) is 26.7. The van der Waals surface area contributed by atoms with Crippen molar-refractivity contribution in [3.05, 3.63) is 89.7 Å². The van der Waals surface area contributed by atoms with Gasteiger partial charge < -0.3 is 26.6 Å². The molecule has 8 heteroatoms. The Bertz CT molecular complexity index is 1180. The number of hydrogen-bond donors (Lipinski definition) is 4. The number of halogens is 1. The van der Waals surface area contributed by atoms with Crippen LogP contribution in [0.1, 0.15) is 42.2 Å². The molecule has 0 bridgehead atoms. The lowest BCUT2D eigenvalue weighted by Crippen LogP contribution is -2.37. The van der Waals surface area contributed by atoms with Crippen LogP contribution in [0.2, 0.25) is 0 Å². The molecule has 0 saturated carbocycles. The minimum absolute atomic E-state index is 0.113. The summed E-state index contributed by atoms with van der Waals surface area (Å²) in [5.74, 6) is -0.644. The predicted molar refractivity (Wildman–Crippen MR) is 143 cm³/mol. The third-order valence-electron chi connectivity index (χ3n) is 5.69. The topological polar surface area (TPSA) is 99.5 Å². The van der Waals surface area contributed by atoms with Crippen molar-refractivity contribution >= 4 is 29.0 Å². The Morgan fingerprint density at radius 2 is 1.58 bits per heavy atom. The van der Waals surface area contributed by atoms with E-state index < -0.39 is 6.03 Å². The minimum atomic E-state index is -0.395. The molecule has 0 saturated heterocycles. The first-order chi connectivity index (χ1) is 17.0. The Kier molecular flexibility index (Phi) is 8.66. The van der Waals surface area contributed by atoms with E-state index >= 15 is 0 Å². The van der Waals surface area contributed by atoms with Crippen LogP contribution in [0.15, 0.2) is 72.8 Å². The summed E-state index contributed by atoms with van der Waals surface area (Å²) in [6.45, 7) is 5.11. The zero-order valence-corrected chi connectivity index (χ0v) is 21.1. The number of amides is 3. The first-order valence-corrected chi connectivity index (χ1v) is 11.8. The van der Waals surface area contributed by atoms with E-state index in [4.69, 9.17) is 5.73 Å². The summed E-state index contributed by atoms with van der Waals surface area (Å²) in [6.07, 6.45) is 0.661. The molecule has 1 unspecified atom stereocenters. The van der Waals surface area contributed by atoms with Crippen LogP contribution >= 0.6 is 0 Å². The van der Waals surface area contributed by atoms with Gasteiger partial charge in [-0.15, -0.1) is 0 Å². The van der Waals surface area contributed by atoms with Crippen molar-refractivity contribution in [2.75, 3.05) is 37.0 Å². The van der Waals surface area contributed by atoms with Crippen LogP contribution in [-0.4, -0.2) is 37.5 Å². The van der Waals surface area contributed by atoms with Crippen molar-refractivity contribution in [1.82, 2.24) is 10.2 Å². The zero-order valence-electron chi connectivity index (χ0n) is 21.1. The smallest absolute Gasteiger partial charge is 0.319 e. The SMILES string of the molecule is CN(C)CC(C)(C)CC(NC(=O)Nc1ccc(F)cc1)c1ccc(C(=O)Nc2ccccc2N)cc1. The largest absolute Gasteiger partial charge is 0.397 e. The highest BCUT2D eigenvalue weighted by Crippen LogP contribution is 2.31. The summed E-state index contributed by atoms with van der Waals surface area (Å²) in [5, 5.41) is 8.62. The molecule has 0 fully saturated rings. The second-order valence-corrected chi connectivity index (χ2v) is 9.93. The molecule has 0 aliphatic carbocycles. The number of anilines is 3. The van der Waals surface area contributed by atoms with Gasteiger partial charge in [0, 0.05) is 17.8 Å². The van der Waals surface area contributed by atoms with E-state index in [1.807, 2.05) is 26.2 Å². The normalized spacial score (nSPS) is 12.2. The summed E-state index contributed by atoms with van der Waals surface area (Å²) in [7, 11) is 4.02. The zero-order chi connectivity index (χ0) is 26.3. The number of carbonyl (C=O) groups is 2. The number of nitrogens with two attached hydrogens (primary N) is 1. The minimum Gasteiger partial charge on any atom is -0.397 e. The highest BCUT2D eigenvalue weighted by atomic mass is 19.1. The second-order valence-electron chi connectivity index (χ2n) is 9.93. The summed E-state index contributed by atoms with van der Waals surface area (Å²) in [4.78, 5) is 27.6. The van der Waals surface area contributed by atoms with Gasteiger partial charge in [-0.3, -0.25) is 4.79 Å². The molecule has 3 rings (SSSR count). The van der Waals surface area contributed by atoms with Gasteiger partial charge in [0.15, 0.2) is 0 Å².